The largest absolute Gasteiger partial charge is 0.0620 e. The van der Waals surface area contributed by atoms with Crippen molar-refractivity contribution in [3.05, 3.63) is 82.9 Å². The summed E-state index contributed by atoms with van der Waals surface area (Å²) in [6.07, 6.45) is 0. The molecule has 0 nitrogen and oxygen atoms in total. The van der Waals surface area contributed by atoms with Gasteiger partial charge in [-0.3, -0.25) is 0 Å². The van der Waals surface area contributed by atoms with Crippen LogP contribution in [-0.4, -0.2) is 0 Å². The van der Waals surface area contributed by atoms with Crippen LogP contribution >= 0.6 is 0 Å². The van der Waals surface area contributed by atoms with Crippen LogP contribution in [0.5, 0.6) is 0 Å². The number of aryl methyl sites for hydroxylation is 3. The quantitative estimate of drug-likeness (QED) is 0.522. The van der Waals surface area contributed by atoms with E-state index in [0.717, 1.165) is 0 Å². The van der Waals surface area contributed by atoms with Crippen LogP contribution in [0.2, 0.25) is 0 Å². The van der Waals surface area contributed by atoms with Gasteiger partial charge in [0.15, 0.2) is 0 Å². The van der Waals surface area contributed by atoms with Gasteiger partial charge in [0.25, 0.3) is 0 Å². The molecule has 0 bridgehead atoms. The van der Waals surface area contributed by atoms with Crippen LogP contribution in [0.15, 0.2) is 60.7 Å². The average Bonchev–Trinajstić information content (AvgIpc) is 2.53. The van der Waals surface area contributed by atoms with Gasteiger partial charge in [-0.1, -0.05) is 60.7 Å². The zero-order valence-electron chi connectivity index (χ0n) is 13.8. The van der Waals surface area contributed by atoms with E-state index in [9.17, 15) is 0 Å². The summed E-state index contributed by atoms with van der Waals surface area (Å²) in [5.74, 6) is 0. The highest BCUT2D eigenvalue weighted by Crippen LogP contribution is 2.28. The predicted molar refractivity (Wildman–Crippen MR) is 96.3 cm³/mol. The molecule has 0 aromatic heterocycles. The molecule has 0 N–H and O–H groups in total. The van der Waals surface area contributed by atoms with E-state index in [2.05, 4.69) is 88.4 Å². The van der Waals surface area contributed by atoms with Gasteiger partial charge in [0, 0.05) is 0 Å². The molecule has 0 heteroatoms. The molecular weight excluding hydrogens is 264 g/mol. The maximum atomic E-state index is 2.28. The van der Waals surface area contributed by atoms with Crippen LogP contribution in [0.4, 0.5) is 0 Å². The molecule has 0 fully saturated rings. The Hall–Kier alpha value is -2.34. The third-order valence-corrected chi connectivity index (χ3v) is 4.60. The number of hydrogen-bond donors (Lipinski definition) is 0. The summed E-state index contributed by atoms with van der Waals surface area (Å²) in [6, 6.07) is 22.0. The second kappa shape index (κ2) is 5.81. The molecular formula is C22H22. The Balaban J connectivity index is 2.00. The summed E-state index contributed by atoms with van der Waals surface area (Å²) in [6.45, 7) is 8.73. The topological polar surface area (TPSA) is 0 Å². The van der Waals surface area contributed by atoms with Crippen molar-refractivity contribution in [1.82, 2.24) is 0 Å². The van der Waals surface area contributed by atoms with Crippen molar-refractivity contribution in [2.45, 2.75) is 27.7 Å². The number of rotatable bonds is 2. The summed E-state index contributed by atoms with van der Waals surface area (Å²) in [5, 5.41) is 0. The second-order valence-corrected chi connectivity index (χ2v) is 6.13. The minimum Gasteiger partial charge on any atom is -0.0620 e. The lowest BCUT2D eigenvalue weighted by atomic mass is 9.94. The molecule has 0 amide bonds. The fraction of sp³-hybridized carbons (Fsp3) is 0.182. The van der Waals surface area contributed by atoms with E-state index in [1.165, 1.54) is 44.5 Å². The third-order valence-electron chi connectivity index (χ3n) is 4.60. The Labute approximate surface area is 133 Å². The van der Waals surface area contributed by atoms with Gasteiger partial charge in [-0.05, 0) is 72.2 Å². The van der Waals surface area contributed by atoms with E-state index in [-0.39, 0.29) is 0 Å². The molecule has 3 aromatic rings. The second-order valence-electron chi connectivity index (χ2n) is 6.13. The summed E-state index contributed by atoms with van der Waals surface area (Å²) in [5.41, 5.74) is 10.6. The van der Waals surface area contributed by atoms with Crippen LogP contribution in [0.25, 0.3) is 22.3 Å². The molecule has 0 unspecified atom stereocenters. The van der Waals surface area contributed by atoms with Gasteiger partial charge >= 0.3 is 0 Å². The first-order chi connectivity index (χ1) is 10.6. The van der Waals surface area contributed by atoms with Gasteiger partial charge in [0.1, 0.15) is 0 Å². The predicted octanol–water partition coefficient (Wildman–Crippen LogP) is 6.25. The molecule has 0 radical (unpaired) electrons. The maximum absolute atomic E-state index is 2.28. The molecule has 0 atom stereocenters. The van der Waals surface area contributed by atoms with Gasteiger partial charge < -0.3 is 0 Å². The van der Waals surface area contributed by atoms with Gasteiger partial charge in [-0.15, -0.1) is 0 Å². The lowest BCUT2D eigenvalue weighted by Gasteiger charge is -2.11. The molecule has 3 rings (SSSR count). The molecule has 0 saturated carbocycles. The van der Waals surface area contributed by atoms with E-state index in [1.807, 2.05) is 0 Å². The van der Waals surface area contributed by atoms with Crippen molar-refractivity contribution in [1.29, 1.82) is 0 Å². The highest BCUT2D eigenvalue weighted by Gasteiger charge is 2.05. The fourth-order valence-corrected chi connectivity index (χ4v) is 2.94. The summed E-state index contributed by atoms with van der Waals surface area (Å²) >= 11 is 0. The van der Waals surface area contributed by atoms with Gasteiger partial charge in [-0.25, -0.2) is 0 Å². The normalized spacial score (nSPS) is 10.7. The van der Waals surface area contributed by atoms with E-state index >= 15 is 0 Å². The van der Waals surface area contributed by atoms with Crippen LogP contribution < -0.4 is 0 Å². The van der Waals surface area contributed by atoms with Crippen molar-refractivity contribution >= 4 is 0 Å². The van der Waals surface area contributed by atoms with Crippen LogP contribution in [-0.2, 0) is 0 Å². The lowest BCUT2D eigenvalue weighted by Crippen LogP contribution is -1.89. The summed E-state index contributed by atoms with van der Waals surface area (Å²) in [4.78, 5) is 0. The Morgan fingerprint density at radius 1 is 0.500 bits per heavy atom. The Bertz CT molecular complexity index is 785. The molecule has 0 saturated heterocycles. The summed E-state index contributed by atoms with van der Waals surface area (Å²) in [7, 11) is 0. The Morgan fingerprint density at radius 3 is 1.64 bits per heavy atom. The monoisotopic (exact) mass is 286 g/mol. The van der Waals surface area contributed by atoms with E-state index < -0.39 is 0 Å². The molecule has 0 heterocycles. The SMILES string of the molecule is Cc1ccccc1-c1ccc(-c2cc(C)c(C)c(C)c2)cc1. The van der Waals surface area contributed by atoms with Crippen molar-refractivity contribution in [3.8, 4) is 22.3 Å². The first kappa shape index (κ1) is 14.6. The van der Waals surface area contributed by atoms with E-state index in [1.54, 1.807) is 0 Å². The highest BCUT2D eigenvalue weighted by molar-refractivity contribution is 5.73. The number of benzene rings is 3. The molecule has 0 spiro atoms. The first-order valence-electron chi connectivity index (χ1n) is 7.80. The zero-order chi connectivity index (χ0) is 15.7. The first-order valence-corrected chi connectivity index (χ1v) is 7.80. The molecule has 0 aliphatic carbocycles. The molecule has 110 valence electrons. The zero-order valence-corrected chi connectivity index (χ0v) is 13.8. The maximum Gasteiger partial charge on any atom is -0.0155 e. The van der Waals surface area contributed by atoms with Crippen LogP contribution in [0, 0.1) is 27.7 Å². The third kappa shape index (κ3) is 2.69. The van der Waals surface area contributed by atoms with Crippen molar-refractivity contribution in [3.63, 3.8) is 0 Å². The lowest BCUT2D eigenvalue weighted by molar-refractivity contribution is 1.27. The molecule has 3 aromatic carbocycles. The van der Waals surface area contributed by atoms with Crippen LogP contribution in [0.3, 0.4) is 0 Å². The van der Waals surface area contributed by atoms with Crippen molar-refractivity contribution in [2.75, 3.05) is 0 Å². The average molecular weight is 286 g/mol. The summed E-state index contributed by atoms with van der Waals surface area (Å²) < 4.78 is 0. The Kier molecular flexibility index (Phi) is 3.85. The van der Waals surface area contributed by atoms with Gasteiger partial charge in [0.05, 0.1) is 0 Å². The van der Waals surface area contributed by atoms with Gasteiger partial charge in [0.2, 0.25) is 0 Å². The van der Waals surface area contributed by atoms with Gasteiger partial charge in [-0.2, -0.15) is 0 Å². The Morgan fingerprint density at radius 2 is 1.05 bits per heavy atom. The van der Waals surface area contributed by atoms with Crippen molar-refractivity contribution < 1.29 is 0 Å². The molecule has 0 aliphatic heterocycles. The highest BCUT2D eigenvalue weighted by atomic mass is 14.1. The van der Waals surface area contributed by atoms with E-state index in [4.69, 9.17) is 0 Å². The number of hydrogen-bond acceptors (Lipinski definition) is 0. The molecule has 22 heavy (non-hydrogen) atoms. The minimum atomic E-state index is 1.28. The fourth-order valence-electron chi connectivity index (χ4n) is 2.94. The van der Waals surface area contributed by atoms with Crippen LogP contribution in [0.1, 0.15) is 22.3 Å². The van der Waals surface area contributed by atoms with E-state index in [0.29, 0.717) is 0 Å². The standard InChI is InChI=1S/C22H22/c1-15-7-5-6-8-22(15)20-11-9-19(10-12-20)21-13-16(2)18(4)17(3)14-21/h5-14H,1-4H3. The van der Waals surface area contributed by atoms with Crippen molar-refractivity contribution in [2.24, 2.45) is 0 Å². The molecule has 0 aliphatic rings. The smallest absolute Gasteiger partial charge is 0.0155 e. The minimum absolute atomic E-state index is 1.28.